The van der Waals surface area contributed by atoms with E-state index in [0.29, 0.717) is 36.9 Å². The summed E-state index contributed by atoms with van der Waals surface area (Å²) in [5.74, 6) is -1.60. The Labute approximate surface area is 200 Å². The van der Waals surface area contributed by atoms with Crippen LogP contribution in [-0.2, 0) is 4.74 Å². The third-order valence-electron chi connectivity index (χ3n) is 5.75. The Morgan fingerprint density at radius 2 is 1.82 bits per heavy atom. The number of aromatic nitrogens is 1. The van der Waals surface area contributed by atoms with Crippen molar-refractivity contribution < 1.29 is 18.7 Å². The van der Waals surface area contributed by atoms with Crippen LogP contribution in [0.5, 0.6) is 0 Å². The quantitative estimate of drug-likeness (QED) is 0.572. The maximum Gasteiger partial charge on any atom is 0.357 e. The van der Waals surface area contributed by atoms with Crippen molar-refractivity contribution in [1.29, 1.82) is 5.26 Å². The lowest BCUT2D eigenvalue weighted by Crippen LogP contribution is -2.49. The highest BCUT2D eigenvalue weighted by Crippen LogP contribution is 2.33. The number of carbonyl (C=O) groups is 2. The highest BCUT2D eigenvalue weighted by atomic mass is 35.5. The molecule has 0 saturated carbocycles. The van der Waals surface area contributed by atoms with Crippen molar-refractivity contribution in [3.05, 3.63) is 76.3 Å². The first-order valence-electron chi connectivity index (χ1n) is 10.4. The van der Waals surface area contributed by atoms with Crippen molar-refractivity contribution in [2.24, 2.45) is 0 Å². The van der Waals surface area contributed by atoms with Crippen molar-refractivity contribution in [2.45, 2.75) is 0 Å². The number of hydrogen-bond acceptors (Lipinski definition) is 6. The largest absolute Gasteiger partial charge is 0.464 e. The van der Waals surface area contributed by atoms with E-state index in [1.54, 1.807) is 35.2 Å². The standard InChI is InChI=1S/C24H21ClFN5O3/c1-34-24(33)22-21(28)15(13-27)14-31(22)20-12-16(25)6-7-19(20)29-8-10-30(11-9-29)23(32)17-4-2-3-5-18(17)26/h2-7,12,14H,8-11,28H2,1H3. The minimum atomic E-state index is -0.690. The summed E-state index contributed by atoms with van der Waals surface area (Å²) >= 11 is 6.27. The van der Waals surface area contributed by atoms with Gasteiger partial charge in [0.15, 0.2) is 5.69 Å². The normalized spacial score (nSPS) is 13.5. The number of nitrogen functional groups attached to an aromatic ring is 1. The Balaban J connectivity index is 1.65. The molecule has 1 aliphatic rings. The molecule has 0 radical (unpaired) electrons. The van der Waals surface area contributed by atoms with Gasteiger partial charge in [0.1, 0.15) is 11.9 Å². The zero-order chi connectivity index (χ0) is 24.4. The molecule has 0 unspecified atom stereocenters. The number of piperazine rings is 1. The van der Waals surface area contributed by atoms with Crippen LogP contribution in [0.4, 0.5) is 15.8 Å². The second kappa shape index (κ2) is 9.45. The molecule has 1 aromatic heterocycles. The third kappa shape index (κ3) is 4.16. The van der Waals surface area contributed by atoms with Crippen molar-refractivity contribution in [3.63, 3.8) is 0 Å². The summed E-state index contributed by atoms with van der Waals surface area (Å²) in [7, 11) is 1.23. The van der Waals surface area contributed by atoms with Crippen LogP contribution < -0.4 is 10.6 Å². The van der Waals surface area contributed by atoms with Crippen molar-refractivity contribution in [1.82, 2.24) is 9.47 Å². The molecule has 4 rings (SSSR count). The first-order chi connectivity index (χ1) is 16.3. The number of rotatable bonds is 4. The Morgan fingerprint density at radius 1 is 1.12 bits per heavy atom. The highest BCUT2D eigenvalue weighted by molar-refractivity contribution is 6.30. The van der Waals surface area contributed by atoms with E-state index < -0.39 is 11.8 Å². The van der Waals surface area contributed by atoms with Gasteiger partial charge in [-0.15, -0.1) is 0 Å². The number of nitrogens with zero attached hydrogens (tertiary/aromatic N) is 4. The van der Waals surface area contributed by atoms with Gasteiger partial charge in [0.05, 0.1) is 35.3 Å². The van der Waals surface area contributed by atoms with Gasteiger partial charge in [0.2, 0.25) is 0 Å². The molecule has 1 saturated heterocycles. The summed E-state index contributed by atoms with van der Waals surface area (Å²) in [6.07, 6.45) is 1.47. The number of hydrogen-bond donors (Lipinski definition) is 1. The van der Waals surface area contributed by atoms with Crippen LogP contribution in [0.25, 0.3) is 5.69 Å². The molecule has 0 bridgehead atoms. The molecule has 2 heterocycles. The van der Waals surface area contributed by atoms with Gasteiger partial charge in [-0.3, -0.25) is 4.79 Å². The van der Waals surface area contributed by atoms with Crippen molar-refractivity contribution >= 4 is 34.9 Å². The van der Waals surface area contributed by atoms with E-state index in [2.05, 4.69) is 0 Å². The minimum absolute atomic E-state index is 0.0144. The van der Waals surface area contributed by atoms with Crippen molar-refractivity contribution in [3.8, 4) is 11.8 Å². The third-order valence-corrected chi connectivity index (χ3v) is 5.99. The molecule has 2 aromatic carbocycles. The van der Waals surface area contributed by atoms with E-state index in [4.69, 9.17) is 22.1 Å². The molecular formula is C24H21ClFN5O3. The summed E-state index contributed by atoms with van der Waals surface area (Å²) in [5.41, 5.74) is 7.52. The topological polar surface area (TPSA) is 105 Å². The number of benzene rings is 2. The number of halogens is 2. The van der Waals surface area contributed by atoms with Crippen LogP contribution in [0.15, 0.2) is 48.7 Å². The van der Waals surface area contributed by atoms with Crippen LogP contribution in [0, 0.1) is 17.1 Å². The lowest BCUT2D eigenvalue weighted by molar-refractivity contribution is 0.0592. The lowest BCUT2D eigenvalue weighted by Gasteiger charge is -2.37. The molecule has 0 spiro atoms. The lowest BCUT2D eigenvalue weighted by atomic mass is 10.1. The van der Waals surface area contributed by atoms with E-state index >= 15 is 0 Å². The van der Waals surface area contributed by atoms with Gasteiger partial charge in [-0.2, -0.15) is 5.26 Å². The predicted molar refractivity (Wildman–Crippen MR) is 126 cm³/mol. The number of nitrogens with two attached hydrogens (primary N) is 1. The Kier molecular flexibility index (Phi) is 6.43. The predicted octanol–water partition coefficient (Wildman–Crippen LogP) is 3.47. The van der Waals surface area contributed by atoms with Gasteiger partial charge < -0.3 is 24.8 Å². The Bertz CT molecular complexity index is 1310. The number of anilines is 2. The van der Waals surface area contributed by atoms with Crippen LogP contribution in [0.3, 0.4) is 0 Å². The van der Waals surface area contributed by atoms with Crippen molar-refractivity contribution in [2.75, 3.05) is 43.9 Å². The van der Waals surface area contributed by atoms with Crippen LogP contribution >= 0.6 is 11.6 Å². The number of amides is 1. The summed E-state index contributed by atoms with van der Waals surface area (Å²) in [6, 6.07) is 13.1. The molecule has 0 atom stereocenters. The second-order valence-corrected chi connectivity index (χ2v) is 8.11. The SMILES string of the molecule is COC(=O)c1c(N)c(C#N)cn1-c1cc(Cl)ccc1N1CCN(C(=O)c2ccccc2F)CC1. The first kappa shape index (κ1) is 23.1. The molecule has 0 aliphatic carbocycles. The van der Waals surface area contributed by atoms with Gasteiger partial charge in [-0.05, 0) is 30.3 Å². The average Bonchev–Trinajstić information content (AvgIpc) is 3.19. The fourth-order valence-corrected chi connectivity index (χ4v) is 4.18. The van der Waals surface area contributed by atoms with Gasteiger partial charge >= 0.3 is 5.97 Å². The monoisotopic (exact) mass is 481 g/mol. The molecule has 1 aliphatic heterocycles. The van der Waals surface area contributed by atoms with E-state index in [1.807, 2.05) is 11.0 Å². The number of ether oxygens (including phenoxy) is 1. The van der Waals surface area contributed by atoms with Gasteiger partial charge in [0.25, 0.3) is 5.91 Å². The molecule has 1 fully saturated rings. The molecule has 3 aromatic rings. The average molecular weight is 482 g/mol. The second-order valence-electron chi connectivity index (χ2n) is 7.67. The molecule has 174 valence electrons. The minimum Gasteiger partial charge on any atom is -0.464 e. The van der Waals surface area contributed by atoms with Gasteiger partial charge in [0, 0.05) is 37.4 Å². The molecule has 8 nitrogen and oxygen atoms in total. The van der Waals surface area contributed by atoms with E-state index in [1.165, 1.54) is 30.0 Å². The smallest absolute Gasteiger partial charge is 0.357 e. The summed E-state index contributed by atoms with van der Waals surface area (Å²) in [6.45, 7) is 1.67. The number of methoxy groups -OCH3 is 1. The maximum absolute atomic E-state index is 14.1. The molecular weight excluding hydrogens is 461 g/mol. The fraction of sp³-hybridized carbons (Fsp3) is 0.208. The van der Waals surface area contributed by atoms with E-state index in [-0.39, 0.29) is 28.4 Å². The Hall–Kier alpha value is -4.03. The van der Waals surface area contributed by atoms with Gasteiger partial charge in [-0.25, -0.2) is 9.18 Å². The van der Waals surface area contributed by atoms with E-state index in [0.717, 1.165) is 5.69 Å². The van der Waals surface area contributed by atoms with Crippen LogP contribution in [0.1, 0.15) is 26.4 Å². The number of esters is 1. The first-order valence-corrected chi connectivity index (χ1v) is 10.8. The molecule has 1 amide bonds. The zero-order valence-corrected chi connectivity index (χ0v) is 19.1. The Morgan fingerprint density at radius 3 is 2.47 bits per heavy atom. The van der Waals surface area contributed by atoms with Crippen LogP contribution in [0.2, 0.25) is 5.02 Å². The van der Waals surface area contributed by atoms with Gasteiger partial charge in [-0.1, -0.05) is 23.7 Å². The summed E-state index contributed by atoms with van der Waals surface area (Å²) < 4.78 is 20.4. The number of carbonyl (C=O) groups excluding carboxylic acids is 2. The fourth-order valence-electron chi connectivity index (χ4n) is 4.02. The molecule has 34 heavy (non-hydrogen) atoms. The highest BCUT2D eigenvalue weighted by Gasteiger charge is 2.28. The zero-order valence-electron chi connectivity index (χ0n) is 18.3. The van der Waals surface area contributed by atoms with E-state index in [9.17, 15) is 19.2 Å². The molecule has 10 heteroatoms. The summed E-state index contributed by atoms with van der Waals surface area (Å²) in [4.78, 5) is 28.9. The maximum atomic E-state index is 14.1. The molecule has 2 N–H and O–H groups in total. The summed E-state index contributed by atoms with van der Waals surface area (Å²) in [5, 5.41) is 9.85. The number of nitriles is 1. The van der Waals surface area contributed by atoms with Crippen LogP contribution in [-0.4, -0.2) is 54.6 Å².